The molecule has 11 heteroatoms. The Labute approximate surface area is 230 Å². The van der Waals surface area contributed by atoms with Crippen LogP contribution in [0.15, 0.2) is 65.7 Å². The molecule has 3 atom stereocenters. The molecule has 4 rings (SSSR count). The molecule has 1 aliphatic heterocycles. The van der Waals surface area contributed by atoms with Gasteiger partial charge in [-0.3, -0.25) is 9.48 Å². The minimum Gasteiger partial charge on any atom is -0.464 e. The summed E-state index contributed by atoms with van der Waals surface area (Å²) < 4.78 is 41.5. The highest BCUT2D eigenvalue weighted by Crippen LogP contribution is 2.23. The number of ether oxygens (including phenoxy) is 2. The van der Waals surface area contributed by atoms with Crippen LogP contribution in [0.5, 0.6) is 0 Å². The standard InChI is InChI=1S/C28H37N5O5S/c1-21-16-29-22(2)19-38-28(34)10-7-15-33-17-25(30-31-33)20-37-27(21)18-32(3)39(35,36)26-13-11-24(12-14-26)23-8-5-4-6-9-23/h4-6,8-9,11-14,17,21-22,27,29H,7,10,15-16,18-20H2,1-3H3/t21-,22-,27-/m1/s1. The lowest BCUT2D eigenvalue weighted by Crippen LogP contribution is -2.43. The second-order valence-corrected chi connectivity index (χ2v) is 12.1. The first-order chi connectivity index (χ1) is 18.7. The lowest BCUT2D eigenvalue weighted by molar-refractivity contribution is -0.144. The molecule has 0 amide bonds. The lowest BCUT2D eigenvalue weighted by atomic mass is 10.0. The summed E-state index contributed by atoms with van der Waals surface area (Å²) in [5.74, 6) is -0.293. The van der Waals surface area contributed by atoms with E-state index in [-0.39, 0.29) is 42.6 Å². The van der Waals surface area contributed by atoms with Crippen LogP contribution in [0.3, 0.4) is 0 Å². The molecule has 2 heterocycles. The number of fused-ring (bicyclic) bond motifs is 2. The molecule has 0 spiro atoms. The molecule has 1 N–H and O–H groups in total. The van der Waals surface area contributed by atoms with E-state index in [2.05, 4.69) is 15.6 Å². The summed E-state index contributed by atoms with van der Waals surface area (Å²) in [6.45, 7) is 5.66. The molecule has 0 aliphatic carbocycles. The first kappa shape index (κ1) is 28.9. The zero-order chi connectivity index (χ0) is 27.8. The topological polar surface area (TPSA) is 116 Å². The fourth-order valence-corrected chi connectivity index (χ4v) is 5.52. The Balaban J connectivity index is 1.48. The summed E-state index contributed by atoms with van der Waals surface area (Å²) in [5, 5.41) is 11.7. The maximum atomic E-state index is 13.5. The Bertz CT molecular complexity index is 1310. The van der Waals surface area contributed by atoms with Crippen LogP contribution in [0.25, 0.3) is 11.1 Å². The number of sulfonamides is 1. The van der Waals surface area contributed by atoms with Crippen molar-refractivity contribution in [3.8, 4) is 11.1 Å². The van der Waals surface area contributed by atoms with Crippen LogP contribution in [0, 0.1) is 5.92 Å². The van der Waals surface area contributed by atoms with Gasteiger partial charge in [-0.15, -0.1) is 5.10 Å². The fourth-order valence-electron chi connectivity index (χ4n) is 4.34. The molecule has 0 fully saturated rings. The van der Waals surface area contributed by atoms with Crippen molar-refractivity contribution in [3.05, 3.63) is 66.5 Å². The number of cyclic esters (lactones) is 1. The number of benzene rings is 2. The van der Waals surface area contributed by atoms with Gasteiger partial charge in [0.05, 0.1) is 23.8 Å². The van der Waals surface area contributed by atoms with Crippen LogP contribution >= 0.6 is 0 Å². The number of rotatable bonds is 5. The number of carbonyl (C=O) groups is 1. The second kappa shape index (κ2) is 13.3. The van der Waals surface area contributed by atoms with E-state index in [4.69, 9.17) is 9.47 Å². The maximum absolute atomic E-state index is 13.5. The minimum atomic E-state index is -3.75. The van der Waals surface area contributed by atoms with E-state index >= 15 is 0 Å². The summed E-state index contributed by atoms with van der Waals surface area (Å²) in [6, 6.07) is 16.7. The summed E-state index contributed by atoms with van der Waals surface area (Å²) in [7, 11) is -2.18. The van der Waals surface area contributed by atoms with Gasteiger partial charge < -0.3 is 14.8 Å². The van der Waals surface area contributed by atoms with Crippen molar-refractivity contribution in [1.82, 2.24) is 24.6 Å². The highest BCUT2D eigenvalue weighted by Gasteiger charge is 2.28. The van der Waals surface area contributed by atoms with Gasteiger partial charge in [-0.25, -0.2) is 8.42 Å². The lowest BCUT2D eigenvalue weighted by Gasteiger charge is -2.29. The molecule has 210 valence electrons. The van der Waals surface area contributed by atoms with Crippen molar-refractivity contribution in [2.45, 2.75) is 56.9 Å². The summed E-state index contributed by atoms with van der Waals surface area (Å²) >= 11 is 0. The first-order valence-electron chi connectivity index (χ1n) is 13.2. The molecule has 2 aromatic carbocycles. The Kier molecular flexibility index (Phi) is 9.84. The number of hydrogen-bond donors (Lipinski definition) is 1. The number of nitrogens with zero attached hydrogens (tertiary/aromatic N) is 4. The summed E-state index contributed by atoms with van der Waals surface area (Å²) in [4.78, 5) is 12.3. The normalized spacial score (nSPS) is 21.9. The number of carbonyl (C=O) groups excluding carboxylic acids is 1. The zero-order valence-electron chi connectivity index (χ0n) is 22.7. The third-order valence-corrected chi connectivity index (χ3v) is 8.66. The molecule has 3 aromatic rings. The molecular weight excluding hydrogens is 518 g/mol. The summed E-state index contributed by atoms with van der Waals surface area (Å²) in [5.41, 5.74) is 2.62. The van der Waals surface area contributed by atoms with Crippen LogP contribution < -0.4 is 5.32 Å². The summed E-state index contributed by atoms with van der Waals surface area (Å²) in [6.07, 6.45) is 2.27. The van der Waals surface area contributed by atoms with Crippen molar-refractivity contribution in [2.24, 2.45) is 5.92 Å². The van der Waals surface area contributed by atoms with E-state index in [1.807, 2.05) is 56.3 Å². The molecule has 0 saturated carbocycles. The number of nitrogens with one attached hydrogen (secondary N) is 1. The van der Waals surface area contributed by atoms with Gasteiger partial charge in [-0.05, 0) is 42.5 Å². The highest BCUT2D eigenvalue weighted by atomic mass is 32.2. The van der Waals surface area contributed by atoms with E-state index in [0.717, 1.165) is 11.1 Å². The van der Waals surface area contributed by atoms with Crippen molar-refractivity contribution >= 4 is 16.0 Å². The van der Waals surface area contributed by atoms with Gasteiger partial charge in [0.15, 0.2) is 0 Å². The van der Waals surface area contributed by atoms with E-state index in [0.29, 0.717) is 31.6 Å². The molecule has 39 heavy (non-hydrogen) atoms. The van der Waals surface area contributed by atoms with Gasteiger partial charge in [0, 0.05) is 39.1 Å². The van der Waals surface area contributed by atoms with Gasteiger partial charge in [-0.1, -0.05) is 54.6 Å². The smallest absolute Gasteiger partial charge is 0.305 e. The van der Waals surface area contributed by atoms with E-state index in [1.54, 1.807) is 30.1 Å². The SMILES string of the molecule is C[C@@H]1COC(=O)CCCn2cc(nn2)CO[C@H](CN(C)S(=O)(=O)c2ccc(-c3ccccc3)cc2)[C@H](C)CN1. The average Bonchev–Trinajstić information content (AvgIpc) is 3.40. The second-order valence-electron chi connectivity index (χ2n) is 10.1. The molecule has 10 nitrogen and oxygen atoms in total. The highest BCUT2D eigenvalue weighted by molar-refractivity contribution is 7.89. The molecule has 2 bridgehead atoms. The number of esters is 1. The van der Waals surface area contributed by atoms with Crippen molar-refractivity contribution in [1.29, 1.82) is 0 Å². The third kappa shape index (κ3) is 7.95. The Hall–Kier alpha value is -3.12. The molecular formula is C28H37N5O5S. The Morgan fingerprint density at radius 2 is 1.79 bits per heavy atom. The van der Waals surface area contributed by atoms with Gasteiger partial charge in [0.1, 0.15) is 12.3 Å². The van der Waals surface area contributed by atoms with Gasteiger partial charge >= 0.3 is 5.97 Å². The maximum Gasteiger partial charge on any atom is 0.305 e. The number of aryl methyl sites for hydroxylation is 1. The van der Waals surface area contributed by atoms with E-state index in [1.165, 1.54) is 4.31 Å². The molecule has 0 radical (unpaired) electrons. The van der Waals surface area contributed by atoms with Crippen molar-refractivity contribution in [3.63, 3.8) is 0 Å². The van der Waals surface area contributed by atoms with Crippen LogP contribution in [0.1, 0.15) is 32.4 Å². The Morgan fingerprint density at radius 1 is 1.08 bits per heavy atom. The number of hydrogen-bond acceptors (Lipinski definition) is 8. The molecule has 1 aliphatic rings. The van der Waals surface area contributed by atoms with Crippen molar-refractivity contribution in [2.75, 3.05) is 26.7 Å². The van der Waals surface area contributed by atoms with Crippen LogP contribution in [0.4, 0.5) is 0 Å². The van der Waals surface area contributed by atoms with Crippen LogP contribution in [0.2, 0.25) is 0 Å². The largest absolute Gasteiger partial charge is 0.464 e. The number of likely N-dealkylation sites (N-methyl/N-ethyl adjacent to an activating group) is 1. The van der Waals surface area contributed by atoms with Gasteiger partial charge in [-0.2, -0.15) is 4.31 Å². The fraction of sp³-hybridized carbons (Fsp3) is 0.464. The zero-order valence-corrected chi connectivity index (χ0v) is 23.5. The molecule has 1 aromatic heterocycles. The van der Waals surface area contributed by atoms with Gasteiger partial charge in [0.25, 0.3) is 0 Å². The first-order valence-corrected chi connectivity index (χ1v) is 14.7. The predicted molar refractivity (Wildman–Crippen MR) is 147 cm³/mol. The van der Waals surface area contributed by atoms with Gasteiger partial charge in [0.2, 0.25) is 10.0 Å². The van der Waals surface area contributed by atoms with Crippen LogP contribution in [-0.4, -0.2) is 72.6 Å². The average molecular weight is 556 g/mol. The predicted octanol–water partition coefficient (Wildman–Crippen LogP) is 3.10. The number of aromatic nitrogens is 3. The third-order valence-electron chi connectivity index (χ3n) is 6.82. The molecule has 0 unspecified atom stereocenters. The van der Waals surface area contributed by atoms with E-state index < -0.39 is 16.1 Å². The monoisotopic (exact) mass is 555 g/mol. The van der Waals surface area contributed by atoms with Crippen LogP contribution in [-0.2, 0) is 37.4 Å². The Morgan fingerprint density at radius 3 is 2.54 bits per heavy atom. The quantitative estimate of drug-likeness (QED) is 0.478. The minimum absolute atomic E-state index is 0.0517. The molecule has 0 saturated heterocycles. The van der Waals surface area contributed by atoms with Crippen molar-refractivity contribution < 1.29 is 22.7 Å². The van der Waals surface area contributed by atoms with E-state index in [9.17, 15) is 13.2 Å².